The van der Waals surface area contributed by atoms with E-state index in [1.54, 1.807) is 0 Å². The Hall–Kier alpha value is 0.160. The summed E-state index contributed by atoms with van der Waals surface area (Å²) in [6.45, 7) is 1.56. The van der Waals surface area contributed by atoms with Crippen LogP contribution < -0.4 is 5.32 Å². The van der Waals surface area contributed by atoms with Crippen LogP contribution >= 0.6 is 10.7 Å². The van der Waals surface area contributed by atoms with Crippen molar-refractivity contribution in [1.29, 1.82) is 0 Å². The average Bonchev–Trinajstić information content (AvgIpc) is 2.03. The van der Waals surface area contributed by atoms with Gasteiger partial charge in [-0.1, -0.05) is 0 Å². The Morgan fingerprint density at radius 3 is 2.38 bits per heavy atom. The highest BCUT2D eigenvalue weighted by Crippen LogP contribution is 2.25. The summed E-state index contributed by atoms with van der Waals surface area (Å²) in [5, 5.41) is 3.14. The molecule has 1 aliphatic rings. The van der Waals surface area contributed by atoms with Crippen LogP contribution in [0.1, 0.15) is 12.8 Å². The highest BCUT2D eigenvalue weighted by Gasteiger charge is 2.36. The fourth-order valence-electron chi connectivity index (χ4n) is 1.60. The second-order valence-corrected chi connectivity index (χ2v) is 6.10. The average molecular weight is 228 g/mol. The van der Waals surface area contributed by atoms with E-state index in [9.17, 15) is 8.42 Å². The first-order chi connectivity index (χ1) is 5.97. The fraction of sp³-hybridized carbons (Fsp3) is 1.00. The molecule has 1 rings (SSSR count). The molecule has 1 fully saturated rings. The Morgan fingerprint density at radius 1 is 1.46 bits per heavy atom. The maximum absolute atomic E-state index is 10.9. The molecule has 0 spiro atoms. The molecular weight excluding hydrogens is 214 g/mol. The van der Waals surface area contributed by atoms with E-state index in [1.807, 2.05) is 0 Å². The molecule has 0 aromatic heterocycles. The molecule has 1 heterocycles. The Labute approximate surface area is 83.0 Å². The topological polar surface area (TPSA) is 55.4 Å². The van der Waals surface area contributed by atoms with Crippen molar-refractivity contribution in [3.05, 3.63) is 0 Å². The van der Waals surface area contributed by atoms with Gasteiger partial charge < -0.3 is 10.1 Å². The Morgan fingerprint density at radius 2 is 2.00 bits per heavy atom. The summed E-state index contributed by atoms with van der Waals surface area (Å²) in [6.07, 6.45) is 1.38. The van der Waals surface area contributed by atoms with Gasteiger partial charge in [-0.05, 0) is 25.9 Å². The number of hydrogen-bond donors (Lipinski definition) is 1. The molecular formula is C7H14ClNO3S. The SMILES string of the molecule is COC1(CS(=O)(=O)Cl)CCNCC1. The zero-order valence-corrected chi connectivity index (χ0v) is 9.12. The number of ether oxygens (including phenoxy) is 1. The van der Waals surface area contributed by atoms with Crippen LogP contribution in [0.15, 0.2) is 0 Å². The molecule has 13 heavy (non-hydrogen) atoms. The van der Waals surface area contributed by atoms with Crippen molar-refractivity contribution >= 4 is 19.7 Å². The van der Waals surface area contributed by atoms with Gasteiger partial charge in [-0.3, -0.25) is 0 Å². The monoisotopic (exact) mass is 227 g/mol. The molecule has 6 heteroatoms. The number of rotatable bonds is 3. The van der Waals surface area contributed by atoms with E-state index in [2.05, 4.69) is 5.32 Å². The molecule has 0 aliphatic carbocycles. The first-order valence-electron chi connectivity index (χ1n) is 4.16. The molecule has 0 radical (unpaired) electrons. The molecule has 0 saturated carbocycles. The maximum Gasteiger partial charge on any atom is 0.235 e. The Balaban J connectivity index is 2.68. The number of halogens is 1. The van der Waals surface area contributed by atoms with Gasteiger partial charge in [0.2, 0.25) is 9.05 Å². The van der Waals surface area contributed by atoms with Gasteiger partial charge in [0.1, 0.15) is 0 Å². The van der Waals surface area contributed by atoms with Gasteiger partial charge in [-0.2, -0.15) is 0 Å². The van der Waals surface area contributed by atoms with Gasteiger partial charge in [-0.15, -0.1) is 0 Å². The first-order valence-corrected chi connectivity index (χ1v) is 6.63. The van der Waals surface area contributed by atoms with Crippen LogP contribution in [-0.4, -0.2) is 40.0 Å². The van der Waals surface area contributed by atoms with Gasteiger partial charge in [0, 0.05) is 17.8 Å². The summed E-state index contributed by atoms with van der Waals surface area (Å²) in [5.74, 6) is -0.0975. The van der Waals surface area contributed by atoms with Crippen molar-refractivity contribution in [2.45, 2.75) is 18.4 Å². The zero-order valence-electron chi connectivity index (χ0n) is 7.55. The maximum atomic E-state index is 10.9. The normalized spacial score (nSPS) is 22.9. The third kappa shape index (κ3) is 3.42. The van der Waals surface area contributed by atoms with E-state index >= 15 is 0 Å². The van der Waals surface area contributed by atoms with Crippen LogP contribution in [0.25, 0.3) is 0 Å². The van der Waals surface area contributed by atoms with E-state index in [0.29, 0.717) is 12.8 Å². The second-order valence-electron chi connectivity index (χ2n) is 3.32. The van der Waals surface area contributed by atoms with Crippen molar-refractivity contribution in [3.8, 4) is 0 Å². The van der Waals surface area contributed by atoms with Crippen molar-refractivity contribution in [3.63, 3.8) is 0 Å². The molecule has 0 aromatic carbocycles. The van der Waals surface area contributed by atoms with Crippen LogP contribution in [0.3, 0.4) is 0 Å². The van der Waals surface area contributed by atoms with Crippen molar-refractivity contribution in [2.24, 2.45) is 0 Å². The molecule has 1 aliphatic heterocycles. The van der Waals surface area contributed by atoms with Gasteiger partial charge in [0.05, 0.1) is 11.4 Å². The largest absolute Gasteiger partial charge is 0.377 e. The lowest BCUT2D eigenvalue weighted by atomic mass is 9.94. The lowest BCUT2D eigenvalue weighted by Crippen LogP contribution is -2.47. The lowest BCUT2D eigenvalue weighted by molar-refractivity contribution is -0.0146. The number of nitrogens with one attached hydrogen (secondary N) is 1. The van der Waals surface area contributed by atoms with Gasteiger partial charge in [0.25, 0.3) is 0 Å². The number of hydrogen-bond acceptors (Lipinski definition) is 4. The van der Waals surface area contributed by atoms with Crippen molar-refractivity contribution in [2.75, 3.05) is 26.0 Å². The number of methoxy groups -OCH3 is 1. The second kappa shape index (κ2) is 4.13. The molecule has 1 N–H and O–H groups in total. The van der Waals surface area contributed by atoms with Crippen LogP contribution in [-0.2, 0) is 13.8 Å². The molecule has 0 aromatic rings. The minimum Gasteiger partial charge on any atom is -0.377 e. The quantitative estimate of drug-likeness (QED) is 0.706. The lowest BCUT2D eigenvalue weighted by Gasteiger charge is -2.35. The van der Waals surface area contributed by atoms with E-state index in [4.69, 9.17) is 15.4 Å². The summed E-state index contributed by atoms with van der Waals surface area (Å²) >= 11 is 0. The predicted octanol–water partition coefficient (Wildman–Crippen LogP) is 0.324. The zero-order chi connectivity index (χ0) is 9.95. The Kier molecular flexibility index (Phi) is 3.57. The molecule has 0 unspecified atom stereocenters. The van der Waals surface area contributed by atoms with Gasteiger partial charge in [-0.25, -0.2) is 8.42 Å². The predicted molar refractivity (Wildman–Crippen MR) is 51.5 cm³/mol. The minimum atomic E-state index is -3.47. The third-order valence-corrected chi connectivity index (χ3v) is 3.58. The molecule has 0 bridgehead atoms. The minimum absolute atomic E-state index is 0.0975. The van der Waals surface area contributed by atoms with E-state index in [1.165, 1.54) is 7.11 Å². The van der Waals surface area contributed by atoms with Crippen molar-refractivity contribution < 1.29 is 13.2 Å². The highest BCUT2D eigenvalue weighted by atomic mass is 35.7. The molecule has 78 valence electrons. The van der Waals surface area contributed by atoms with Crippen LogP contribution in [0.4, 0.5) is 0 Å². The highest BCUT2D eigenvalue weighted by molar-refractivity contribution is 8.13. The van der Waals surface area contributed by atoms with Crippen LogP contribution in [0, 0.1) is 0 Å². The molecule has 0 amide bonds. The summed E-state index contributed by atoms with van der Waals surface area (Å²) in [4.78, 5) is 0. The summed E-state index contributed by atoms with van der Waals surface area (Å²) in [5.41, 5.74) is -0.578. The van der Waals surface area contributed by atoms with Gasteiger partial charge in [0.15, 0.2) is 0 Å². The van der Waals surface area contributed by atoms with Crippen LogP contribution in [0.2, 0.25) is 0 Å². The molecule has 4 nitrogen and oxygen atoms in total. The first kappa shape index (κ1) is 11.2. The third-order valence-electron chi connectivity index (χ3n) is 2.38. The van der Waals surface area contributed by atoms with Gasteiger partial charge >= 0.3 is 0 Å². The smallest absolute Gasteiger partial charge is 0.235 e. The number of piperidine rings is 1. The summed E-state index contributed by atoms with van der Waals surface area (Å²) < 4.78 is 27.1. The summed E-state index contributed by atoms with van der Waals surface area (Å²) in [7, 11) is 3.27. The Bertz CT molecular complexity index is 259. The van der Waals surface area contributed by atoms with Crippen LogP contribution in [0.5, 0.6) is 0 Å². The standard InChI is InChI=1S/C7H14ClNO3S/c1-12-7(6-13(8,10)11)2-4-9-5-3-7/h9H,2-6H2,1H3. The van der Waals surface area contributed by atoms with E-state index < -0.39 is 14.7 Å². The molecule has 0 atom stereocenters. The van der Waals surface area contributed by atoms with Crippen molar-refractivity contribution in [1.82, 2.24) is 5.32 Å². The summed E-state index contributed by atoms with van der Waals surface area (Å²) in [6, 6.07) is 0. The fourth-order valence-corrected chi connectivity index (χ4v) is 3.24. The van der Waals surface area contributed by atoms with E-state index in [0.717, 1.165) is 13.1 Å². The molecule has 1 saturated heterocycles. The van der Waals surface area contributed by atoms with E-state index in [-0.39, 0.29) is 5.75 Å².